The van der Waals surface area contributed by atoms with Crippen molar-refractivity contribution in [3.63, 3.8) is 0 Å². The van der Waals surface area contributed by atoms with Gasteiger partial charge in [-0.25, -0.2) is 4.99 Å². The number of hydrogen-bond donors (Lipinski definition) is 3. The van der Waals surface area contributed by atoms with Gasteiger partial charge < -0.3 is 16.2 Å². The molecule has 0 aromatic heterocycles. The Morgan fingerprint density at radius 2 is 2.11 bits per heavy atom. The zero-order valence-electron chi connectivity index (χ0n) is 9.71. The third kappa shape index (κ3) is 2.26. The molecule has 1 aromatic rings. The zero-order valence-corrected chi connectivity index (χ0v) is 10.5. The van der Waals surface area contributed by atoms with Gasteiger partial charge in [-0.3, -0.25) is 0 Å². The van der Waals surface area contributed by atoms with Gasteiger partial charge in [-0.1, -0.05) is 23.9 Å². The van der Waals surface area contributed by atoms with E-state index in [1.165, 1.54) is 11.8 Å². The van der Waals surface area contributed by atoms with Crippen LogP contribution in [-0.4, -0.2) is 16.5 Å². The van der Waals surface area contributed by atoms with E-state index < -0.39 is 6.04 Å². The van der Waals surface area contributed by atoms with Crippen LogP contribution in [0.2, 0.25) is 0 Å². The Balaban J connectivity index is 2.45. The van der Waals surface area contributed by atoms with Crippen molar-refractivity contribution < 1.29 is 5.11 Å². The monoisotopic (exact) mass is 260 g/mol. The molecule has 1 aliphatic heterocycles. The van der Waals surface area contributed by atoms with Gasteiger partial charge in [0.2, 0.25) is 0 Å². The van der Waals surface area contributed by atoms with Crippen LogP contribution in [0.5, 0.6) is 5.75 Å². The van der Waals surface area contributed by atoms with Crippen LogP contribution in [0.15, 0.2) is 40.7 Å². The van der Waals surface area contributed by atoms with Gasteiger partial charge in [-0.15, -0.1) is 0 Å². The highest BCUT2D eigenvalue weighted by molar-refractivity contribution is 8.13. The molecule has 92 valence electrons. The second-order valence-electron chi connectivity index (χ2n) is 3.70. The van der Waals surface area contributed by atoms with E-state index in [1.807, 2.05) is 6.26 Å². The molecule has 1 unspecified atom stereocenters. The van der Waals surface area contributed by atoms with Crippen molar-refractivity contribution >= 4 is 16.9 Å². The third-order valence-electron chi connectivity index (χ3n) is 2.57. The zero-order chi connectivity index (χ0) is 13.1. The predicted molar refractivity (Wildman–Crippen MR) is 71.8 cm³/mol. The molecule has 0 saturated heterocycles. The summed E-state index contributed by atoms with van der Waals surface area (Å²) in [6, 6.07) is 8.26. The average molecular weight is 260 g/mol. The highest BCUT2D eigenvalue weighted by Gasteiger charge is 2.24. The Bertz CT molecular complexity index is 556. The highest BCUT2D eigenvalue weighted by atomic mass is 32.2. The first-order chi connectivity index (χ1) is 8.65. The van der Waals surface area contributed by atoms with E-state index in [-0.39, 0.29) is 5.75 Å². The molecule has 0 fully saturated rings. The second-order valence-corrected chi connectivity index (χ2v) is 4.49. The average Bonchev–Trinajstić information content (AvgIpc) is 2.38. The van der Waals surface area contributed by atoms with Crippen LogP contribution in [0.25, 0.3) is 0 Å². The van der Waals surface area contributed by atoms with E-state index in [0.29, 0.717) is 16.6 Å². The molecule has 1 heterocycles. The van der Waals surface area contributed by atoms with Gasteiger partial charge >= 0.3 is 0 Å². The van der Waals surface area contributed by atoms with Gasteiger partial charge in [0.15, 0.2) is 5.17 Å². The quantitative estimate of drug-likeness (QED) is 0.710. The maximum Gasteiger partial charge on any atom is 0.162 e. The number of nitrogens with two attached hydrogens (primary N) is 1. The summed E-state index contributed by atoms with van der Waals surface area (Å²) >= 11 is 1.43. The van der Waals surface area contributed by atoms with E-state index in [2.05, 4.69) is 16.4 Å². The second kappa shape index (κ2) is 5.02. The molecule has 4 N–H and O–H groups in total. The van der Waals surface area contributed by atoms with Crippen LogP contribution in [-0.2, 0) is 0 Å². The summed E-state index contributed by atoms with van der Waals surface area (Å²) in [5.41, 5.74) is 7.02. The molecule has 5 nitrogen and oxygen atoms in total. The molecule has 0 aliphatic carbocycles. The number of hydrogen-bond acceptors (Lipinski definition) is 6. The third-order valence-corrected chi connectivity index (χ3v) is 3.17. The lowest BCUT2D eigenvalue weighted by Crippen LogP contribution is -2.32. The number of nitriles is 1. The Hall–Kier alpha value is -2.13. The van der Waals surface area contributed by atoms with Crippen molar-refractivity contribution in [2.75, 3.05) is 6.26 Å². The smallest absolute Gasteiger partial charge is 0.162 e. The maximum absolute atomic E-state index is 9.27. The highest BCUT2D eigenvalue weighted by Crippen LogP contribution is 2.30. The minimum Gasteiger partial charge on any atom is -0.508 e. The SMILES string of the molecule is CSC1=NC(c2ccc(O)cc2)C(C#N)=C(N)N1. The first kappa shape index (κ1) is 12.3. The number of thioether (sulfide) groups is 1. The van der Waals surface area contributed by atoms with Gasteiger partial charge in [0.05, 0.1) is 5.57 Å². The lowest BCUT2D eigenvalue weighted by atomic mass is 9.99. The number of nitrogens with zero attached hydrogens (tertiary/aromatic N) is 2. The fourth-order valence-electron chi connectivity index (χ4n) is 1.67. The number of aliphatic imine (C=N–C) groups is 1. The molecule has 1 aliphatic rings. The van der Waals surface area contributed by atoms with E-state index in [0.717, 1.165) is 5.56 Å². The standard InChI is InChI=1S/C12H12N4OS/c1-18-12-15-10(9(6-13)11(14)16-12)7-2-4-8(17)5-3-7/h2-5,10,17H,14H2,1H3,(H,15,16). The summed E-state index contributed by atoms with van der Waals surface area (Å²) in [5.74, 6) is 0.507. The number of phenolic OH excluding ortho intramolecular Hbond substituents is 1. The fraction of sp³-hybridized carbons (Fsp3) is 0.167. The Labute approximate surface area is 109 Å². The number of rotatable bonds is 1. The normalized spacial score (nSPS) is 18.9. The molecule has 6 heteroatoms. The molecule has 0 amide bonds. The molecule has 2 rings (SSSR count). The van der Waals surface area contributed by atoms with Crippen molar-refractivity contribution in [2.24, 2.45) is 10.7 Å². The number of benzene rings is 1. The van der Waals surface area contributed by atoms with Gasteiger partial charge in [-0.2, -0.15) is 5.26 Å². The molecule has 0 spiro atoms. The summed E-state index contributed by atoms with van der Waals surface area (Å²) < 4.78 is 0. The van der Waals surface area contributed by atoms with Crippen LogP contribution in [0.3, 0.4) is 0 Å². The van der Waals surface area contributed by atoms with E-state index in [4.69, 9.17) is 11.0 Å². The summed E-state index contributed by atoms with van der Waals surface area (Å²) in [6.07, 6.45) is 1.88. The first-order valence-corrected chi connectivity index (χ1v) is 6.45. The van der Waals surface area contributed by atoms with Crippen molar-refractivity contribution in [3.05, 3.63) is 41.2 Å². The largest absolute Gasteiger partial charge is 0.508 e. The Morgan fingerprint density at radius 1 is 1.44 bits per heavy atom. The maximum atomic E-state index is 9.27. The van der Waals surface area contributed by atoms with E-state index in [1.54, 1.807) is 24.3 Å². The summed E-state index contributed by atoms with van der Waals surface area (Å²) in [5, 5.41) is 22.0. The predicted octanol–water partition coefficient (Wildman–Crippen LogP) is 1.45. The van der Waals surface area contributed by atoms with Crippen LogP contribution in [0.4, 0.5) is 0 Å². The Morgan fingerprint density at radius 3 is 2.67 bits per heavy atom. The van der Waals surface area contributed by atoms with Crippen molar-refractivity contribution in [1.29, 1.82) is 5.26 Å². The molecule has 1 atom stereocenters. The van der Waals surface area contributed by atoms with Crippen LogP contribution in [0.1, 0.15) is 11.6 Å². The molecular formula is C12H12N4OS. The van der Waals surface area contributed by atoms with E-state index >= 15 is 0 Å². The van der Waals surface area contributed by atoms with Gasteiger partial charge in [-0.05, 0) is 24.0 Å². The van der Waals surface area contributed by atoms with Crippen LogP contribution < -0.4 is 11.1 Å². The van der Waals surface area contributed by atoms with Crippen LogP contribution >= 0.6 is 11.8 Å². The van der Waals surface area contributed by atoms with E-state index in [9.17, 15) is 5.11 Å². The molecule has 0 radical (unpaired) electrons. The molecule has 0 saturated carbocycles. The Kier molecular flexibility index (Phi) is 3.44. The lowest BCUT2D eigenvalue weighted by Gasteiger charge is -2.22. The first-order valence-electron chi connectivity index (χ1n) is 5.23. The fourth-order valence-corrected chi connectivity index (χ4v) is 2.09. The summed E-state index contributed by atoms with van der Waals surface area (Å²) in [7, 11) is 0. The van der Waals surface area contributed by atoms with Crippen LogP contribution in [0, 0.1) is 11.3 Å². The number of nitrogens with one attached hydrogen (secondary N) is 1. The molecular weight excluding hydrogens is 248 g/mol. The topological polar surface area (TPSA) is 94.4 Å². The summed E-state index contributed by atoms with van der Waals surface area (Å²) in [6.45, 7) is 0. The number of aromatic hydroxyl groups is 1. The molecule has 0 bridgehead atoms. The number of phenols is 1. The minimum atomic E-state index is -0.417. The summed E-state index contributed by atoms with van der Waals surface area (Å²) in [4.78, 5) is 4.43. The number of amidine groups is 1. The van der Waals surface area contributed by atoms with Crippen molar-refractivity contribution in [1.82, 2.24) is 5.32 Å². The molecule has 18 heavy (non-hydrogen) atoms. The van der Waals surface area contributed by atoms with Crippen molar-refractivity contribution in [2.45, 2.75) is 6.04 Å². The van der Waals surface area contributed by atoms with Gasteiger partial charge in [0.25, 0.3) is 0 Å². The lowest BCUT2D eigenvalue weighted by molar-refractivity contribution is 0.475. The van der Waals surface area contributed by atoms with Gasteiger partial charge in [0.1, 0.15) is 23.7 Å². The van der Waals surface area contributed by atoms with Crippen molar-refractivity contribution in [3.8, 4) is 11.8 Å². The van der Waals surface area contributed by atoms with Gasteiger partial charge in [0, 0.05) is 0 Å². The molecule has 1 aromatic carbocycles. The minimum absolute atomic E-state index is 0.178.